The van der Waals surface area contributed by atoms with Gasteiger partial charge >= 0.3 is 0 Å². The van der Waals surface area contributed by atoms with Crippen LogP contribution in [0.5, 0.6) is 0 Å². The van der Waals surface area contributed by atoms with E-state index in [1.807, 2.05) is 0 Å². The van der Waals surface area contributed by atoms with Crippen LogP contribution in [0, 0.1) is 17.6 Å². The molecule has 0 aliphatic heterocycles. The molecule has 32 heavy (non-hydrogen) atoms. The standard InChI is InChI=1S/C23H25F2N5OS/c24-16-8-9-17(30-32-14-4-2-1-3-5-14)20(25)19(16)21(31)15-11-27-23-18(15)22(28-12-29-23)26-10-13-6-7-13/h8-9,11-14,30H,1-7,10H2,(H2,26,27,28,29). The van der Waals surface area contributed by atoms with Crippen molar-refractivity contribution in [2.45, 2.75) is 50.2 Å². The maximum atomic E-state index is 15.3. The fraction of sp³-hybridized carbons (Fsp3) is 0.435. The Hall–Kier alpha value is -2.68. The first-order valence-corrected chi connectivity index (χ1v) is 12.0. The lowest BCUT2D eigenvalue weighted by molar-refractivity contribution is 0.103. The van der Waals surface area contributed by atoms with Crippen molar-refractivity contribution in [3.63, 3.8) is 0 Å². The summed E-state index contributed by atoms with van der Waals surface area (Å²) in [5.41, 5.74) is 0.143. The maximum absolute atomic E-state index is 15.3. The monoisotopic (exact) mass is 457 g/mol. The second-order valence-corrected chi connectivity index (χ2v) is 9.67. The smallest absolute Gasteiger partial charge is 0.201 e. The number of hydrogen-bond acceptors (Lipinski definition) is 6. The molecule has 3 N–H and O–H groups in total. The number of halogens is 2. The van der Waals surface area contributed by atoms with Gasteiger partial charge in [0.1, 0.15) is 23.6 Å². The lowest BCUT2D eigenvalue weighted by Gasteiger charge is -2.21. The lowest BCUT2D eigenvalue weighted by Crippen LogP contribution is -2.13. The number of fused-ring (bicyclic) bond motifs is 1. The summed E-state index contributed by atoms with van der Waals surface area (Å²) in [6, 6.07) is 2.48. The van der Waals surface area contributed by atoms with Gasteiger partial charge in [-0.2, -0.15) is 0 Å². The van der Waals surface area contributed by atoms with E-state index in [1.165, 1.54) is 37.0 Å². The molecule has 6 nitrogen and oxygen atoms in total. The van der Waals surface area contributed by atoms with Crippen LogP contribution in [0.4, 0.5) is 20.3 Å². The number of benzene rings is 1. The largest absolute Gasteiger partial charge is 0.369 e. The van der Waals surface area contributed by atoms with E-state index in [0.717, 1.165) is 51.1 Å². The fourth-order valence-electron chi connectivity index (χ4n) is 4.14. The van der Waals surface area contributed by atoms with Crippen molar-refractivity contribution in [3.05, 3.63) is 47.4 Å². The minimum Gasteiger partial charge on any atom is -0.369 e. The van der Waals surface area contributed by atoms with Gasteiger partial charge in [-0.25, -0.2) is 18.7 Å². The number of nitrogens with one attached hydrogen (secondary N) is 3. The molecule has 2 saturated carbocycles. The van der Waals surface area contributed by atoms with Crippen LogP contribution in [0.2, 0.25) is 0 Å². The van der Waals surface area contributed by atoms with E-state index < -0.39 is 23.0 Å². The normalized spacial score (nSPS) is 16.9. The second-order valence-electron chi connectivity index (χ2n) is 8.57. The van der Waals surface area contributed by atoms with Gasteiger partial charge in [0.05, 0.1) is 22.2 Å². The zero-order valence-corrected chi connectivity index (χ0v) is 18.4. The molecule has 9 heteroatoms. The Bertz CT molecular complexity index is 1140. The molecule has 2 aromatic heterocycles. The van der Waals surface area contributed by atoms with Gasteiger partial charge in [0.25, 0.3) is 0 Å². The Labute approximate surface area is 189 Å². The Morgan fingerprint density at radius 2 is 1.94 bits per heavy atom. The van der Waals surface area contributed by atoms with Gasteiger partial charge in [-0.15, -0.1) is 0 Å². The Morgan fingerprint density at radius 1 is 1.12 bits per heavy atom. The van der Waals surface area contributed by atoms with Gasteiger partial charge in [-0.3, -0.25) is 4.79 Å². The molecule has 2 aliphatic rings. The quantitative estimate of drug-likeness (QED) is 0.298. The van der Waals surface area contributed by atoms with Crippen molar-refractivity contribution in [1.29, 1.82) is 0 Å². The van der Waals surface area contributed by atoms with E-state index in [-0.39, 0.29) is 11.3 Å². The lowest BCUT2D eigenvalue weighted by atomic mass is 10.0. The summed E-state index contributed by atoms with van der Waals surface area (Å²) < 4.78 is 33.0. The van der Waals surface area contributed by atoms with Crippen LogP contribution < -0.4 is 10.0 Å². The Kier molecular flexibility index (Phi) is 5.99. The Balaban J connectivity index is 1.44. The topological polar surface area (TPSA) is 82.7 Å². The van der Waals surface area contributed by atoms with Gasteiger partial charge in [0, 0.05) is 18.0 Å². The molecule has 168 valence electrons. The average Bonchev–Trinajstić information content (AvgIpc) is 3.54. The maximum Gasteiger partial charge on any atom is 0.201 e. The summed E-state index contributed by atoms with van der Waals surface area (Å²) in [5, 5.41) is 4.09. The molecule has 2 aliphatic carbocycles. The first kappa shape index (κ1) is 21.2. The molecule has 0 spiro atoms. The Morgan fingerprint density at radius 3 is 2.72 bits per heavy atom. The molecule has 2 heterocycles. The van der Waals surface area contributed by atoms with E-state index in [1.54, 1.807) is 0 Å². The number of carbonyl (C=O) groups excluding carboxylic acids is 1. The molecule has 3 aromatic rings. The third kappa shape index (κ3) is 4.30. The molecule has 0 atom stereocenters. The van der Waals surface area contributed by atoms with Crippen LogP contribution in [0.3, 0.4) is 0 Å². The number of aromatic amines is 1. The summed E-state index contributed by atoms with van der Waals surface area (Å²) in [6.45, 7) is 0.742. The highest BCUT2D eigenvalue weighted by molar-refractivity contribution is 8.01. The number of carbonyl (C=O) groups is 1. The second kappa shape index (κ2) is 9.05. The van der Waals surface area contributed by atoms with Crippen molar-refractivity contribution in [3.8, 4) is 0 Å². The molecule has 0 amide bonds. The van der Waals surface area contributed by atoms with E-state index in [4.69, 9.17) is 0 Å². The van der Waals surface area contributed by atoms with Gasteiger partial charge in [-0.05, 0) is 55.7 Å². The molecule has 2 fully saturated rings. The summed E-state index contributed by atoms with van der Waals surface area (Å²) in [5.74, 6) is -1.41. The third-order valence-corrected chi connectivity index (χ3v) is 7.32. The molecular formula is C23H25F2N5OS. The van der Waals surface area contributed by atoms with Crippen LogP contribution in [0.25, 0.3) is 11.0 Å². The molecule has 0 radical (unpaired) electrons. The highest BCUT2D eigenvalue weighted by atomic mass is 32.2. The first-order chi connectivity index (χ1) is 15.6. The number of H-pyrrole nitrogens is 1. The first-order valence-electron chi connectivity index (χ1n) is 11.1. The predicted octanol–water partition coefficient (Wildman–Crippen LogP) is 5.68. The number of rotatable bonds is 8. The molecule has 0 saturated heterocycles. The number of anilines is 2. The van der Waals surface area contributed by atoms with Gasteiger partial charge in [0.15, 0.2) is 5.82 Å². The molecule has 5 rings (SSSR count). The molecular weight excluding hydrogens is 432 g/mol. The summed E-state index contributed by atoms with van der Waals surface area (Å²) in [6.07, 6.45) is 10.9. The highest BCUT2D eigenvalue weighted by Crippen LogP contribution is 2.34. The van der Waals surface area contributed by atoms with Gasteiger partial charge < -0.3 is 15.0 Å². The average molecular weight is 458 g/mol. The fourth-order valence-corrected chi connectivity index (χ4v) is 5.16. The van der Waals surface area contributed by atoms with E-state index in [0.29, 0.717) is 28.0 Å². The SMILES string of the molecule is O=C(c1c(F)ccc(NSC2CCCCC2)c1F)c1c[nH]c2ncnc(NCC3CC3)c12. The van der Waals surface area contributed by atoms with Crippen molar-refractivity contribution in [2.24, 2.45) is 5.92 Å². The summed E-state index contributed by atoms with van der Waals surface area (Å²) >= 11 is 1.45. The number of hydrogen-bond donors (Lipinski definition) is 3. The summed E-state index contributed by atoms with van der Waals surface area (Å²) in [4.78, 5) is 24.7. The minimum absolute atomic E-state index is 0.119. The van der Waals surface area contributed by atoms with Crippen LogP contribution in [0.1, 0.15) is 60.9 Å². The predicted molar refractivity (Wildman–Crippen MR) is 123 cm³/mol. The van der Waals surface area contributed by atoms with E-state index in [2.05, 4.69) is 25.0 Å². The van der Waals surface area contributed by atoms with Crippen molar-refractivity contribution in [2.75, 3.05) is 16.6 Å². The van der Waals surface area contributed by atoms with Crippen LogP contribution in [-0.2, 0) is 0 Å². The van der Waals surface area contributed by atoms with E-state index in [9.17, 15) is 9.18 Å². The minimum atomic E-state index is -0.889. The van der Waals surface area contributed by atoms with Crippen molar-refractivity contribution in [1.82, 2.24) is 15.0 Å². The number of ketones is 1. The zero-order valence-electron chi connectivity index (χ0n) is 17.6. The van der Waals surface area contributed by atoms with Crippen LogP contribution in [0.15, 0.2) is 24.7 Å². The van der Waals surface area contributed by atoms with Crippen molar-refractivity contribution >= 4 is 40.3 Å². The van der Waals surface area contributed by atoms with Crippen LogP contribution >= 0.6 is 11.9 Å². The highest BCUT2D eigenvalue weighted by Gasteiger charge is 2.27. The molecule has 0 bridgehead atoms. The number of nitrogens with zero attached hydrogens (tertiary/aromatic N) is 2. The number of aromatic nitrogens is 3. The third-order valence-electron chi connectivity index (χ3n) is 6.18. The molecule has 1 aromatic carbocycles. The van der Waals surface area contributed by atoms with Crippen LogP contribution in [-0.4, -0.2) is 32.5 Å². The van der Waals surface area contributed by atoms with E-state index >= 15 is 4.39 Å². The van der Waals surface area contributed by atoms with Crippen molar-refractivity contribution < 1.29 is 13.6 Å². The van der Waals surface area contributed by atoms with Gasteiger partial charge in [-0.1, -0.05) is 19.3 Å². The zero-order chi connectivity index (χ0) is 22.1. The summed E-state index contributed by atoms with van der Waals surface area (Å²) in [7, 11) is 0. The molecule has 0 unspecified atom stereocenters. The van der Waals surface area contributed by atoms with Gasteiger partial charge in [0.2, 0.25) is 5.78 Å².